The van der Waals surface area contributed by atoms with Gasteiger partial charge in [-0.3, -0.25) is 14.3 Å². The standard InChI is InChI=1S/C20H23N3O5S/c1-13(24)23-10-4-5-14-11-16(7-8-18(14)23)29(26,27)22-17-12-15(20(25)21-2)6-9-19(17)28-3/h6-9,11-12,22H,4-5,10H2,1-3H3,(H,21,25). The lowest BCUT2D eigenvalue weighted by atomic mass is 10.0. The number of amides is 2. The van der Waals surface area contributed by atoms with Crippen LogP contribution in [0, 0.1) is 0 Å². The highest BCUT2D eigenvalue weighted by Gasteiger charge is 2.24. The number of methoxy groups -OCH3 is 1. The maximum Gasteiger partial charge on any atom is 0.262 e. The summed E-state index contributed by atoms with van der Waals surface area (Å²) in [6.07, 6.45) is 1.46. The zero-order valence-corrected chi connectivity index (χ0v) is 17.3. The molecule has 1 aliphatic rings. The second-order valence-corrected chi connectivity index (χ2v) is 8.35. The number of benzene rings is 2. The van der Waals surface area contributed by atoms with Gasteiger partial charge in [0.1, 0.15) is 5.75 Å². The van der Waals surface area contributed by atoms with Gasteiger partial charge < -0.3 is 15.0 Å². The van der Waals surface area contributed by atoms with Crippen molar-refractivity contribution >= 4 is 33.2 Å². The van der Waals surface area contributed by atoms with Crippen molar-refractivity contribution in [3.05, 3.63) is 47.5 Å². The fourth-order valence-electron chi connectivity index (χ4n) is 3.34. The lowest BCUT2D eigenvalue weighted by Gasteiger charge is -2.28. The van der Waals surface area contributed by atoms with E-state index in [-0.39, 0.29) is 22.4 Å². The van der Waals surface area contributed by atoms with Crippen molar-refractivity contribution in [1.29, 1.82) is 0 Å². The molecule has 2 aromatic carbocycles. The number of nitrogens with zero attached hydrogens (tertiary/aromatic N) is 1. The summed E-state index contributed by atoms with van der Waals surface area (Å²) in [6.45, 7) is 2.11. The molecular weight excluding hydrogens is 394 g/mol. The Morgan fingerprint density at radius 3 is 2.55 bits per heavy atom. The van der Waals surface area contributed by atoms with Crippen LogP contribution < -0.4 is 19.7 Å². The summed E-state index contributed by atoms with van der Waals surface area (Å²) in [4.78, 5) is 25.4. The third kappa shape index (κ3) is 4.19. The van der Waals surface area contributed by atoms with Gasteiger partial charge in [0.05, 0.1) is 17.7 Å². The average Bonchev–Trinajstić information content (AvgIpc) is 2.71. The van der Waals surface area contributed by atoms with E-state index < -0.39 is 10.0 Å². The van der Waals surface area contributed by atoms with Crippen LogP contribution in [0.1, 0.15) is 29.3 Å². The number of rotatable bonds is 5. The number of sulfonamides is 1. The first-order valence-electron chi connectivity index (χ1n) is 9.11. The number of hydrogen-bond donors (Lipinski definition) is 2. The molecule has 2 N–H and O–H groups in total. The van der Waals surface area contributed by atoms with Crippen LogP contribution in [0.4, 0.5) is 11.4 Å². The van der Waals surface area contributed by atoms with E-state index in [9.17, 15) is 18.0 Å². The molecule has 8 nitrogen and oxygen atoms in total. The van der Waals surface area contributed by atoms with Gasteiger partial charge in [-0.2, -0.15) is 0 Å². The van der Waals surface area contributed by atoms with Gasteiger partial charge in [-0.15, -0.1) is 0 Å². The molecule has 1 aliphatic heterocycles. The molecule has 2 amide bonds. The van der Waals surface area contributed by atoms with Gasteiger partial charge in [-0.05, 0) is 54.8 Å². The Kier molecular flexibility index (Phi) is 5.78. The van der Waals surface area contributed by atoms with E-state index in [1.807, 2.05) is 0 Å². The van der Waals surface area contributed by atoms with Gasteiger partial charge in [-0.25, -0.2) is 8.42 Å². The summed E-state index contributed by atoms with van der Waals surface area (Å²) in [6, 6.07) is 9.21. The van der Waals surface area contributed by atoms with Crippen molar-refractivity contribution in [2.45, 2.75) is 24.7 Å². The smallest absolute Gasteiger partial charge is 0.262 e. The predicted molar refractivity (Wildman–Crippen MR) is 110 cm³/mol. The van der Waals surface area contributed by atoms with E-state index in [1.54, 1.807) is 23.1 Å². The zero-order chi connectivity index (χ0) is 21.2. The van der Waals surface area contributed by atoms with Gasteiger partial charge in [0.25, 0.3) is 15.9 Å². The normalized spacial score (nSPS) is 13.4. The zero-order valence-electron chi connectivity index (χ0n) is 16.5. The van der Waals surface area contributed by atoms with Crippen LogP contribution in [0.15, 0.2) is 41.3 Å². The summed E-state index contributed by atoms with van der Waals surface area (Å²) in [7, 11) is -1.02. The first-order valence-corrected chi connectivity index (χ1v) is 10.6. The number of ether oxygens (including phenoxy) is 1. The van der Waals surface area contributed by atoms with Crippen LogP contribution in [0.25, 0.3) is 0 Å². The molecule has 0 unspecified atom stereocenters. The molecule has 0 radical (unpaired) electrons. The Bertz CT molecular complexity index is 1070. The van der Waals surface area contributed by atoms with Crippen molar-refractivity contribution in [1.82, 2.24) is 5.32 Å². The molecule has 0 saturated carbocycles. The first-order chi connectivity index (χ1) is 13.8. The highest BCUT2D eigenvalue weighted by molar-refractivity contribution is 7.92. The van der Waals surface area contributed by atoms with E-state index in [4.69, 9.17) is 4.74 Å². The number of fused-ring (bicyclic) bond motifs is 1. The van der Waals surface area contributed by atoms with Crippen LogP contribution in [0.5, 0.6) is 5.75 Å². The average molecular weight is 417 g/mol. The van der Waals surface area contributed by atoms with E-state index in [0.29, 0.717) is 24.3 Å². The summed E-state index contributed by atoms with van der Waals surface area (Å²) in [5, 5.41) is 2.50. The molecule has 0 aliphatic carbocycles. The molecule has 0 atom stereocenters. The number of anilines is 2. The Labute approximate surface area is 169 Å². The summed E-state index contributed by atoms with van der Waals surface area (Å²) < 4.78 is 33.7. The summed E-state index contributed by atoms with van der Waals surface area (Å²) >= 11 is 0. The largest absolute Gasteiger partial charge is 0.495 e. The molecule has 0 fully saturated rings. The molecule has 29 heavy (non-hydrogen) atoms. The van der Waals surface area contributed by atoms with Gasteiger partial charge in [0.15, 0.2) is 0 Å². The molecule has 154 valence electrons. The van der Waals surface area contributed by atoms with Crippen LogP contribution >= 0.6 is 0 Å². The van der Waals surface area contributed by atoms with Crippen molar-refractivity contribution in [3.8, 4) is 5.75 Å². The number of hydrogen-bond acceptors (Lipinski definition) is 5. The van der Waals surface area contributed by atoms with Crippen molar-refractivity contribution in [2.24, 2.45) is 0 Å². The quantitative estimate of drug-likeness (QED) is 0.776. The SMILES string of the molecule is CNC(=O)c1ccc(OC)c(NS(=O)(=O)c2ccc3c(c2)CCCN3C(C)=O)c1. The van der Waals surface area contributed by atoms with Crippen molar-refractivity contribution in [3.63, 3.8) is 0 Å². The molecule has 1 heterocycles. The van der Waals surface area contributed by atoms with E-state index in [2.05, 4.69) is 10.0 Å². The first kappa shape index (κ1) is 20.7. The monoisotopic (exact) mass is 417 g/mol. The van der Waals surface area contributed by atoms with Crippen molar-refractivity contribution < 1.29 is 22.7 Å². The minimum absolute atomic E-state index is 0.0737. The van der Waals surface area contributed by atoms with E-state index in [0.717, 1.165) is 17.7 Å². The predicted octanol–water partition coefficient (Wildman–Crippen LogP) is 2.15. The third-order valence-corrected chi connectivity index (χ3v) is 6.16. The Balaban J connectivity index is 1.96. The molecule has 0 aromatic heterocycles. The number of nitrogens with one attached hydrogen (secondary N) is 2. The summed E-state index contributed by atoms with van der Waals surface area (Å²) in [5.41, 5.74) is 2.01. The lowest BCUT2D eigenvalue weighted by Crippen LogP contribution is -2.33. The molecular formula is C20H23N3O5S. The van der Waals surface area contributed by atoms with Crippen LogP contribution in [-0.4, -0.2) is 40.9 Å². The second kappa shape index (κ2) is 8.12. The van der Waals surface area contributed by atoms with Gasteiger partial charge in [-0.1, -0.05) is 0 Å². The van der Waals surface area contributed by atoms with Crippen LogP contribution in [0.3, 0.4) is 0 Å². The molecule has 3 rings (SSSR count). The fraction of sp³-hybridized carbons (Fsp3) is 0.300. The maximum atomic E-state index is 13.0. The molecule has 0 spiro atoms. The minimum atomic E-state index is -3.93. The van der Waals surface area contributed by atoms with Crippen LogP contribution in [0.2, 0.25) is 0 Å². The Morgan fingerprint density at radius 2 is 1.90 bits per heavy atom. The fourth-order valence-corrected chi connectivity index (χ4v) is 4.46. The molecule has 0 bridgehead atoms. The molecule has 0 saturated heterocycles. The summed E-state index contributed by atoms with van der Waals surface area (Å²) in [5.74, 6) is -0.122. The Morgan fingerprint density at radius 1 is 1.14 bits per heavy atom. The number of carbonyl (C=O) groups is 2. The highest BCUT2D eigenvalue weighted by atomic mass is 32.2. The third-order valence-electron chi connectivity index (χ3n) is 4.79. The molecule has 9 heteroatoms. The molecule has 2 aromatic rings. The maximum absolute atomic E-state index is 13.0. The number of aryl methyl sites for hydroxylation is 1. The van der Waals surface area contributed by atoms with E-state index >= 15 is 0 Å². The topological polar surface area (TPSA) is 105 Å². The number of carbonyl (C=O) groups excluding carboxylic acids is 2. The lowest BCUT2D eigenvalue weighted by molar-refractivity contribution is -0.116. The van der Waals surface area contributed by atoms with Crippen LogP contribution in [-0.2, 0) is 21.2 Å². The second-order valence-electron chi connectivity index (χ2n) is 6.66. The van der Waals surface area contributed by atoms with E-state index in [1.165, 1.54) is 39.3 Å². The Hall–Kier alpha value is -3.07. The minimum Gasteiger partial charge on any atom is -0.495 e. The highest BCUT2D eigenvalue weighted by Crippen LogP contribution is 2.32. The van der Waals surface area contributed by atoms with Crippen molar-refractivity contribution in [2.75, 3.05) is 30.3 Å². The van der Waals surface area contributed by atoms with Gasteiger partial charge in [0, 0.05) is 31.8 Å². The van der Waals surface area contributed by atoms with Gasteiger partial charge in [0.2, 0.25) is 5.91 Å². The van der Waals surface area contributed by atoms with Gasteiger partial charge >= 0.3 is 0 Å².